The first-order valence-corrected chi connectivity index (χ1v) is 9.67. The molecule has 0 spiro atoms. The van der Waals surface area contributed by atoms with Crippen molar-refractivity contribution < 1.29 is 19.4 Å². The summed E-state index contributed by atoms with van der Waals surface area (Å²) in [5, 5.41) is 21.6. The lowest BCUT2D eigenvalue weighted by Crippen LogP contribution is -2.49. The number of halogens is 1. The molecular weight excluding hydrogens is 385 g/mol. The Bertz CT molecular complexity index is 1080. The molecule has 0 saturated carbocycles. The van der Waals surface area contributed by atoms with E-state index in [0.717, 1.165) is 11.1 Å². The predicted octanol–water partition coefficient (Wildman–Crippen LogP) is 2.77. The summed E-state index contributed by atoms with van der Waals surface area (Å²) >= 11 is 1.26. The van der Waals surface area contributed by atoms with E-state index in [1.807, 2.05) is 5.38 Å². The van der Waals surface area contributed by atoms with E-state index in [-0.39, 0.29) is 43.9 Å². The number of hydrogen-bond donors (Lipinski definition) is 2. The second-order valence-electron chi connectivity index (χ2n) is 7.01. The molecule has 7 nitrogen and oxygen atoms in total. The highest BCUT2D eigenvalue weighted by Crippen LogP contribution is 2.31. The summed E-state index contributed by atoms with van der Waals surface area (Å²) in [6.07, 6.45) is 0.921. The molecule has 0 unspecified atom stereocenters. The Labute approximate surface area is 163 Å². The highest BCUT2D eigenvalue weighted by atomic mass is 32.1. The van der Waals surface area contributed by atoms with Crippen LogP contribution in [0.2, 0.25) is 0 Å². The Morgan fingerprint density at radius 3 is 2.57 bits per heavy atom. The third kappa shape index (κ3) is 3.38. The molecule has 0 atom stereocenters. The van der Waals surface area contributed by atoms with Gasteiger partial charge in [-0.15, -0.1) is 11.3 Å². The number of carbonyl (C=O) groups is 1. The SMILES string of the molecule is O=C(O)N1CCC(O)(Cn2cnc3c(-c4ccc(F)cc4)csc3c2=O)CC1. The van der Waals surface area contributed by atoms with Crippen molar-refractivity contribution in [2.75, 3.05) is 13.1 Å². The number of hydrogen-bond acceptors (Lipinski definition) is 5. The first-order chi connectivity index (χ1) is 13.4. The fourth-order valence-electron chi connectivity index (χ4n) is 3.48. The Morgan fingerprint density at radius 2 is 1.93 bits per heavy atom. The van der Waals surface area contributed by atoms with Crippen molar-refractivity contribution >= 4 is 27.6 Å². The van der Waals surface area contributed by atoms with Crippen LogP contribution in [0, 0.1) is 5.82 Å². The maximum Gasteiger partial charge on any atom is 0.407 e. The van der Waals surface area contributed by atoms with Crippen molar-refractivity contribution in [2.45, 2.75) is 25.0 Å². The van der Waals surface area contributed by atoms with Crippen molar-refractivity contribution in [1.29, 1.82) is 0 Å². The van der Waals surface area contributed by atoms with E-state index in [1.54, 1.807) is 12.1 Å². The molecule has 0 radical (unpaired) electrons. The highest BCUT2D eigenvalue weighted by molar-refractivity contribution is 7.17. The van der Waals surface area contributed by atoms with E-state index >= 15 is 0 Å². The van der Waals surface area contributed by atoms with Crippen LogP contribution in [0.1, 0.15) is 12.8 Å². The summed E-state index contributed by atoms with van der Waals surface area (Å²) in [6.45, 7) is 0.514. The molecule has 9 heteroatoms. The minimum atomic E-state index is -1.15. The molecule has 1 aromatic carbocycles. The zero-order valence-corrected chi connectivity index (χ0v) is 15.7. The molecule has 1 aliphatic heterocycles. The fraction of sp³-hybridized carbons (Fsp3) is 0.316. The number of thiophene rings is 1. The molecular formula is C19H18FN3O4S. The first kappa shape index (κ1) is 18.6. The van der Waals surface area contributed by atoms with Gasteiger partial charge in [-0.25, -0.2) is 14.2 Å². The molecule has 2 aromatic heterocycles. The van der Waals surface area contributed by atoms with Gasteiger partial charge < -0.3 is 15.1 Å². The number of carboxylic acid groups (broad SMARTS) is 1. The number of rotatable bonds is 3. The molecule has 28 heavy (non-hydrogen) atoms. The minimum Gasteiger partial charge on any atom is -0.465 e. The summed E-state index contributed by atoms with van der Waals surface area (Å²) in [7, 11) is 0. The number of amides is 1. The van der Waals surface area contributed by atoms with Crippen LogP contribution in [0.15, 0.2) is 40.8 Å². The van der Waals surface area contributed by atoms with E-state index in [2.05, 4.69) is 4.98 Å². The van der Waals surface area contributed by atoms with Gasteiger partial charge in [0.2, 0.25) is 0 Å². The van der Waals surface area contributed by atoms with Gasteiger partial charge in [-0.1, -0.05) is 12.1 Å². The van der Waals surface area contributed by atoms with Crippen LogP contribution in [0.25, 0.3) is 21.3 Å². The van der Waals surface area contributed by atoms with Gasteiger partial charge in [0, 0.05) is 24.0 Å². The molecule has 1 aliphatic rings. The maximum atomic E-state index is 13.2. The van der Waals surface area contributed by atoms with Gasteiger partial charge in [-0.3, -0.25) is 9.36 Å². The summed E-state index contributed by atoms with van der Waals surface area (Å²) in [5.74, 6) is -0.333. The third-order valence-corrected chi connectivity index (χ3v) is 6.09. The molecule has 1 amide bonds. The topological polar surface area (TPSA) is 95.7 Å². The summed E-state index contributed by atoms with van der Waals surface area (Å²) < 4.78 is 15.0. The molecule has 2 N–H and O–H groups in total. The summed E-state index contributed by atoms with van der Waals surface area (Å²) in [6, 6.07) is 6.00. The summed E-state index contributed by atoms with van der Waals surface area (Å²) in [4.78, 5) is 29.6. The van der Waals surface area contributed by atoms with E-state index in [4.69, 9.17) is 5.11 Å². The van der Waals surface area contributed by atoms with E-state index in [9.17, 15) is 19.1 Å². The van der Waals surface area contributed by atoms with Crippen LogP contribution >= 0.6 is 11.3 Å². The first-order valence-electron chi connectivity index (χ1n) is 8.79. The number of nitrogens with zero attached hydrogens (tertiary/aromatic N) is 3. The lowest BCUT2D eigenvalue weighted by molar-refractivity contribution is -0.0303. The van der Waals surface area contributed by atoms with Crippen molar-refractivity contribution in [3.63, 3.8) is 0 Å². The van der Waals surface area contributed by atoms with E-state index in [1.165, 1.54) is 39.3 Å². The van der Waals surface area contributed by atoms with Crippen LogP contribution in [-0.4, -0.2) is 49.4 Å². The Balaban J connectivity index is 1.62. The molecule has 3 aromatic rings. The van der Waals surface area contributed by atoms with E-state index < -0.39 is 11.7 Å². The number of piperidine rings is 1. The van der Waals surface area contributed by atoms with Crippen molar-refractivity contribution in [1.82, 2.24) is 14.5 Å². The quantitative estimate of drug-likeness (QED) is 0.701. The monoisotopic (exact) mass is 403 g/mol. The van der Waals surface area contributed by atoms with E-state index in [0.29, 0.717) is 10.2 Å². The van der Waals surface area contributed by atoms with Gasteiger partial charge in [0.1, 0.15) is 10.5 Å². The highest BCUT2D eigenvalue weighted by Gasteiger charge is 2.34. The third-order valence-electron chi connectivity index (χ3n) is 5.13. The zero-order chi connectivity index (χ0) is 19.9. The van der Waals surface area contributed by atoms with Crippen LogP contribution in [-0.2, 0) is 6.54 Å². The van der Waals surface area contributed by atoms with Crippen molar-refractivity contribution in [3.8, 4) is 11.1 Å². The minimum absolute atomic E-state index is 0.0615. The van der Waals surface area contributed by atoms with Gasteiger partial charge in [0.15, 0.2) is 0 Å². The number of aliphatic hydroxyl groups is 1. The van der Waals surface area contributed by atoms with Gasteiger partial charge in [0.05, 0.1) is 24.0 Å². The molecule has 0 bridgehead atoms. The predicted molar refractivity (Wildman–Crippen MR) is 103 cm³/mol. The Hall–Kier alpha value is -2.78. The van der Waals surface area contributed by atoms with Crippen molar-refractivity contribution in [2.24, 2.45) is 0 Å². The number of likely N-dealkylation sites (tertiary alicyclic amines) is 1. The summed E-state index contributed by atoms with van der Waals surface area (Å²) in [5.41, 5.74) is 0.681. The normalized spacial score (nSPS) is 16.4. The molecule has 4 rings (SSSR count). The number of benzene rings is 1. The lowest BCUT2D eigenvalue weighted by atomic mass is 9.91. The number of fused-ring (bicyclic) bond motifs is 1. The van der Waals surface area contributed by atoms with Crippen LogP contribution in [0.3, 0.4) is 0 Å². The molecule has 0 aliphatic carbocycles. The van der Waals surface area contributed by atoms with Gasteiger partial charge in [0.25, 0.3) is 5.56 Å². The van der Waals surface area contributed by atoms with Gasteiger partial charge in [-0.05, 0) is 30.5 Å². The van der Waals surface area contributed by atoms with Crippen molar-refractivity contribution in [3.05, 3.63) is 52.1 Å². The second kappa shape index (κ2) is 6.99. The Morgan fingerprint density at radius 1 is 1.25 bits per heavy atom. The number of aromatic nitrogens is 2. The van der Waals surface area contributed by atoms with Gasteiger partial charge >= 0.3 is 6.09 Å². The largest absolute Gasteiger partial charge is 0.465 e. The average Bonchev–Trinajstić information content (AvgIpc) is 3.10. The molecule has 3 heterocycles. The smallest absolute Gasteiger partial charge is 0.407 e. The van der Waals surface area contributed by atoms with Gasteiger partial charge in [-0.2, -0.15) is 0 Å². The molecule has 146 valence electrons. The van der Waals surface area contributed by atoms with Crippen LogP contribution < -0.4 is 5.56 Å². The van der Waals surface area contributed by atoms with Crippen LogP contribution in [0.5, 0.6) is 0 Å². The lowest BCUT2D eigenvalue weighted by Gasteiger charge is -2.37. The fourth-order valence-corrected chi connectivity index (χ4v) is 4.45. The van der Waals surface area contributed by atoms with Crippen LogP contribution in [0.4, 0.5) is 9.18 Å². The second-order valence-corrected chi connectivity index (χ2v) is 7.89. The average molecular weight is 403 g/mol. The molecule has 1 saturated heterocycles. The maximum absolute atomic E-state index is 13.2. The Kier molecular flexibility index (Phi) is 4.64. The zero-order valence-electron chi connectivity index (χ0n) is 14.8. The standard InChI is InChI=1S/C19H18FN3O4S/c20-13-3-1-12(2-4-13)14-9-28-16-15(14)21-11-23(17(16)24)10-19(27)5-7-22(8-6-19)18(25)26/h1-4,9,11,27H,5-8,10H2,(H,25,26). The molecule has 1 fully saturated rings.